The summed E-state index contributed by atoms with van der Waals surface area (Å²) in [6, 6.07) is 0. The molecule has 1 aliphatic carbocycles. The van der Waals surface area contributed by atoms with E-state index in [2.05, 4.69) is 48.5 Å². The van der Waals surface area contributed by atoms with E-state index in [1.54, 1.807) is 0 Å². The van der Waals surface area contributed by atoms with E-state index in [9.17, 15) is 0 Å². The predicted octanol–water partition coefficient (Wildman–Crippen LogP) is 8.46. The Morgan fingerprint density at radius 1 is 0.762 bits per heavy atom. The zero-order valence-corrected chi connectivity index (χ0v) is 14.1. The van der Waals surface area contributed by atoms with E-state index in [1.807, 2.05) is 0 Å². The molecule has 0 aromatic carbocycles. The minimum absolute atomic E-state index is 0. The fourth-order valence-corrected chi connectivity index (χ4v) is 3.39. The van der Waals surface area contributed by atoms with Crippen LogP contribution >= 0.6 is 0 Å². The van der Waals surface area contributed by atoms with Crippen molar-refractivity contribution < 1.29 is 0 Å². The first kappa shape index (κ1) is 29.1. The Labute approximate surface area is 139 Å². The Morgan fingerprint density at radius 2 is 1.24 bits per heavy atom. The molecule has 0 heteroatoms. The highest BCUT2D eigenvalue weighted by molar-refractivity contribution is 4.85. The van der Waals surface area contributed by atoms with E-state index in [4.69, 9.17) is 0 Å². The second-order valence-electron chi connectivity index (χ2n) is 6.91. The summed E-state index contributed by atoms with van der Waals surface area (Å²) in [6.45, 7) is 16.4. The summed E-state index contributed by atoms with van der Waals surface area (Å²) < 4.78 is 0. The van der Waals surface area contributed by atoms with E-state index < -0.39 is 0 Å². The fraction of sp³-hybridized carbons (Fsp3) is 1.00. The second kappa shape index (κ2) is 16.4. The molecule has 21 heavy (non-hydrogen) atoms. The molecule has 0 amide bonds. The molecule has 1 rings (SSSR count). The number of rotatable bonds is 5. The third-order valence-electron chi connectivity index (χ3n) is 4.82. The molecule has 0 radical (unpaired) electrons. The molecule has 0 aromatic rings. The average molecular weight is 303 g/mol. The van der Waals surface area contributed by atoms with Gasteiger partial charge in [-0.15, -0.1) is 0 Å². The van der Waals surface area contributed by atoms with Gasteiger partial charge in [0.05, 0.1) is 0 Å². The summed E-state index contributed by atoms with van der Waals surface area (Å²) in [5, 5.41) is 0. The molecule has 0 N–H and O–H groups in total. The van der Waals surface area contributed by atoms with Gasteiger partial charge >= 0.3 is 0 Å². The molecule has 0 aromatic heterocycles. The SMILES string of the molecule is C.C.C.CCC1CC(C(C)C)CC1C(C)C.CCCCC. The second-order valence-corrected chi connectivity index (χ2v) is 6.91. The van der Waals surface area contributed by atoms with Crippen LogP contribution in [0.1, 0.15) is 109 Å². The highest BCUT2D eigenvalue weighted by Crippen LogP contribution is 2.44. The average Bonchev–Trinajstić information content (AvgIpc) is 2.75. The molecular formula is C21H50. The lowest BCUT2D eigenvalue weighted by molar-refractivity contribution is 0.286. The van der Waals surface area contributed by atoms with Gasteiger partial charge in [-0.25, -0.2) is 0 Å². The van der Waals surface area contributed by atoms with E-state index in [0.29, 0.717) is 0 Å². The van der Waals surface area contributed by atoms with Crippen LogP contribution in [0.15, 0.2) is 0 Å². The molecule has 0 saturated heterocycles. The summed E-state index contributed by atoms with van der Waals surface area (Å²) >= 11 is 0. The van der Waals surface area contributed by atoms with Crippen LogP contribution in [0.5, 0.6) is 0 Å². The van der Waals surface area contributed by atoms with Gasteiger partial charge in [0.15, 0.2) is 0 Å². The molecule has 134 valence electrons. The number of hydrogen-bond acceptors (Lipinski definition) is 0. The lowest BCUT2D eigenvalue weighted by atomic mass is 9.84. The molecule has 0 aliphatic heterocycles. The highest BCUT2D eigenvalue weighted by atomic mass is 14.4. The van der Waals surface area contributed by atoms with E-state index in [0.717, 1.165) is 29.6 Å². The van der Waals surface area contributed by atoms with E-state index in [1.165, 1.54) is 38.5 Å². The van der Waals surface area contributed by atoms with Gasteiger partial charge in [-0.1, -0.05) is 96.4 Å². The third kappa shape index (κ3) is 11.2. The molecule has 0 bridgehead atoms. The zero-order chi connectivity index (χ0) is 14.1. The lowest BCUT2D eigenvalue weighted by Gasteiger charge is -2.21. The van der Waals surface area contributed by atoms with Gasteiger partial charge in [0, 0.05) is 0 Å². The summed E-state index contributed by atoms with van der Waals surface area (Å²) in [5.74, 6) is 4.84. The van der Waals surface area contributed by atoms with Crippen molar-refractivity contribution >= 4 is 0 Å². The largest absolute Gasteiger partial charge is 0.0776 e. The molecule has 1 fully saturated rings. The van der Waals surface area contributed by atoms with Gasteiger partial charge in [-0.2, -0.15) is 0 Å². The van der Waals surface area contributed by atoms with Crippen LogP contribution in [-0.4, -0.2) is 0 Å². The van der Waals surface area contributed by atoms with Crippen LogP contribution in [0.3, 0.4) is 0 Å². The molecule has 1 aliphatic rings. The van der Waals surface area contributed by atoms with Crippen molar-refractivity contribution in [3.8, 4) is 0 Å². The van der Waals surface area contributed by atoms with Gasteiger partial charge in [0.2, 0.25) is 0 Å². The number of unbranched alkanes of at least 4 members (excludes halogenated alkanes) is 2. The van der Waals surface area contributed by atoms with Gasteiger partial charge in [-0.05, 0) is 42.4 Å². The van der Waals surface area contributed by atoms with Crippen LogP contribution in [0.25, 0.3) is 0 Å². The maximum atomic E-state index is 2.40. The van der Waals surface area contributed by atoms with E-state index in [-0.39, 0.29) is 22.3 Å². The van der Waals surface area contributed by atoms with Crippen molar-refractivity contribution in [2.45, 2.75) is 109 Å². The zero-order valence-electron chi connectivity index (χ0n) is 14.1. The quantitative estimate of drug-likeness (QED) is 0.477. The van der Waals surface area contributed by atoms with Crippen LogP contribution in [-0.2, 0) is 0 Å². The molecular weight excluding hydrogens is 252 g/mol. The third-order valence-corrected chi connectivity index (χ3v) is 4.82. The van der Waals surface area contributed by atoms with Crippen LogP contribution in [0.2, 0.25) is 0 Å². The highest BCUT2D eigenvalue weighted by Gasteiger charge is 2.35. The Balaban J connectivity index is -0.000000159. The molecule has 0 spiro atoms. The molecule has 1 saturated carbocycles. The number of hydrogen-bond donors (Lipinski definition) is 0. The van der Waals surface area contributed by atoms with Crippen LogP contribution in [0, 0.1) is 29.6 Å². The van der Waals surface area contributed by atoms with Crippen molar-refractivity contribution in [3.63, 3.8) is 0 Å². The minimum Gasteiger partial charge on any atom is -0.0776 e. The molecule has 3 atom stereocenters. The van der Waals surface area contributed by atoms with Gasteiger partial charge < -0.3 is 0 Å². The Bertz CT molecular complexity index is 178. The normalized spacial score (nSPS) is 23.6. The maximum Gasteiger partial charge on any atom is -0.0360 e. The Kier molecular flexibility index (Phi) is 22.7. The molecule has 0 heterocycles. The van der Waals surface area contributed by atoms with Crippen LogP contribution < -0.4 is 0 Å². The van der Waals surface area contributed by atoms with Gasteiger partial charge in [-0.3, -0.25) is 0 Å². The van der Waals surface area contributed by atoms with Crippen molar-refractivity contribution in [2.24, 2.45) is 29.6 Å². The summed E-state index contributed by atoms with van der Waals surface area (Å²) in [5.41, 5.74) is 0. The predicted molar refractivity (Wildman–Crippen MR) is 105 cm³/mol. The maximum absolute atomic E-state index is 2.40. The monoisotopic (exact) mass is 302 g/mol. The van der Waals surface area contributed by atoms with Gasteiger partial charge in [0.25, 0.3) is 0 Å². The first-order chi connectivity index (χ1) is 8.47. The Hall–Kier alpha value is 0. The van der Waals surface area contributed by atoms with Gasteiger partial charge in [0.1, 0.15) is 0 Å². The fourth-order valence-electron chi connectivity index (χ4n) is 3.39. The van der Waals surface area contributed by atoms with E-state index >= 15 is 0 Å². The first-order valence-corrected chi connectivity index (χ1v) is 8.47. The molecule has 0 nitrogen and oxygen atoms in total. The Morgan fingerprint density at radius 3 is 1.43 bits per heavy atom. The topological polar surface area (TPSA) is 0 Å². The lowest BCUT2D eigenvalue weighted by Crippen LogP contribution is -2.13. The smallest absolute Gasteiger partial charge is 0.0360 e. The first-order valence-electron chi connectivity index (χ1n) is 8.47. The van der Waals surface area contributed by atoms with Crippen molar-refractivity contribution in [3.05, 3.63) is 0 Å². The molecule has 3 unspecified atom stereocenters. The summed E-state index contributed by atoms with van der Waals surface area (Å²) in [7, 11) is 0. The summed E-state index contributed by atoms with van der Waals surface area (Å²) in [4.78, 5) is 0. The summed E-state index contributed by atoms with van der Waals surface area (Å²) in [6.07, 6.45) is 8.46. The minimum atomic E-state index is 0. The van der Waals surface area contributed by atoms with Crippen molar-refractivity contribution in [1.29, 1.82) is 0 Å². The van der Waals surface area contributed by atoms with Crippen molar-refractivity contribution in [1.82, 2.24) is 0 Å². The van der Waals surface area contributed by atoms with Crippen LogP contribution in [0.4, 0.5) is 0 Å². The van der Waals surface area contributed by atoms with Crippen molar-refractivity contribution in [2.75, 3.05) is 0 Å². The standard InChI is InChI=1S/C13H26.C5H12.3CH4/c1-6-11-7-12(9(2)3)8-13(11)10(4)5;1-3-5-4-2;;;/h9-13H,6-8H2,1-5H3;3-5H2,1-2H3;3*1H4.